The molecule has 0 radical (unpaired) electrons. The number of benzene rings is 1. The highest BCUT2D eigenvalue weighted by atomic mass is 16.3. The van der Waals surface area contributed by atoms with Crippen LogP contribution in [0.3, 0.4) is 0 Å². The lowest BCUT2D eigenvalue weighted by molar-refractivity contribution is 0.173. The average molecular weight is 177 g/mol. The summed E-state index contributed by atoms with van der Waals surface area (Å²) < 4.78 is 0. The van der Waals surface area contributed by atoms with Crippen molar-refractivity contribution in [3.8, 4) is 0 Å². The van der Waals surface area contributed by atoms with Gasteiger partial charge in [0.25, 0.3) is 0 Å². The van der Waals surface area contributed by atoms with Crippen molar-refractivity contribution >= 4 is 0 Å². The van der Waals surface area contributed by atoms with Gasteiger partial charge in [-0.1, -0.05) is 30.3 Å². The van der Waals surface area contributed by atoms with E-state index in [0.717, 1.165) is 13.1 Å². The molecule has 0 saturated carbocycles. The molecule has 13 heavy (non-hydrogen) atoms. The Kier molecular flexibility index (Phi) is 2.34. The fourth-order valence-electron chi connectivity index (χ4n) is 1.65. The summed E-state index contributed by atoms with van der Waals surface area (Å²) in [5.41, 5.74) is 1.32. The maximum atomic E-state index is 9.30. The molecule has 70 valence electrons. The summed E-state index contributed by atoms with van der Waals surface area (Å²) in [6, 6.07) is 10.8. The van der Waals surface area contributed by atoms with E-state index in [4.69, 9.17) is 0 Å². The first-order valence-electron chi connectivity index (χ1n) is 4.73. The van der Waals surface area contributed by atoms with Gasteiger partial charge in [0.1, 0.15) is 0 Å². The Labute approximate surface area is 78.8 Å². The molecule has 1 saturated heterocycles. The lowest BCUT2D eigenvalue weighted by Crippen LogP contribution is -2.14. The lowest BCUT2D eigenvalue weighted by atomic mass is 10.2. The smallest absolute Gasteiger partial charge is 0.0679 e. The molecule has 2 rings (SSSR count). The first-order chi connectivity index (χ1) is 6.27. The summed E-state index contributed by atoms with van der Waals surface area (Å²) in [6.07, 6.45) is -0.191. The standard InChI is InChI=1S/C11H15NO/c1-9(13)11-8-12(11)7-10-5-3-2-4-6-10/h2-6,9,11,13H,7-8H2,1H3/t9-,11+,12?/m0/s1. The molecule has 3 atom stereocenters. The first-order valence-corrected chi connectivity index (χ1v) is 4.73. The monoisotopic (exact) mass is 177 g/mol. The molecule has 1 N–H and O–H groups in total. The molecule has 0 aliphatic carbocycles. The van der Waals surface area contributed by atoms with Crippen molar-refractivity contribution < 1.29 is 5.11 Å². The summed E-state index contributed by atoms with van der Waals surface area (Å²) in [7, 11) is 0. The molecule has 1 heterocycles. The van der Waals surface area contributed by atoms with Crippen LogP contribution in [0, 0.1) is 0 Å². The van der Waals surface area contributed by atoms with Crippen LogP contribution in [-0.2, 0) is 6.54 Å². The highest BCUT2D eigenvalue weighted by Gasteiger charge is 2.37. The molecule has 1 aromatic carbocycles. The van der Waals surface area contributed by atoms with E-state index in [1.807, 2.05) is 13.0 Å². The maximum absolute atomic E-state index is 9.30. The SMILES string of the molecule is C[C@H](O)[C@H]1CN1Cc1ccccc1. The number of hydrogen-bond donors (Lipinski definition) is 1. The minimum Gasteiger partial charge on any atom is -0.392 e. The number of nitrogens with zero attached hydrogens (tertiary/aromatic N) is 1. The van der Waals surface area contributed by atoms with Crippen LogP contribution < -0.4 is 0 Å². The topological polar surface area (TPSA) is 23.2 Å². The van der Waals surface area contributed by atoms with Crippen LogP contribution in [0.2, 0.25) is 0 Å². The Morgan fingerprint density at radius 2 is 2.15 bits per heavy atom. The second-order valence-corrected chi connectivity index (χ2v) is 3.72. The Hall–Kier alpha value is -0.860. The van der Waals surface area contributed by atoms with E-state index in [1.165, 1.54) is 5.56 Å². The number of rotatable bonds is 3. The summed E-state index contributed by atoms with van der Waals surface area (Å²) in [6.45, 7) is 3.86. The van der Waals surface area contributed by atoms with E-state index in [-0.39, 0.29) is 6.10 Å². The molecule has 1 aromatic rings. The average Bonchev–Trinajstić information content (AvgIpc) is 2.86. The minimum atomic E-state index is -0.191. The predicted octanol–water partition coefficient (Wildman–Crippen LogP) is 1.25. The molecule has 2 heteroatoms. The zero-order chi connectivity index (χ0) is 9.26. The van der Waals surface area contributed by atoms with E-state index in [2.05, 4.69) is 29.2 Å². The fourth-order valence-corrected chi connectivity index (χ4v) is 1.65. The Balaban J connectivity index is 1.88. The molecule has 0 bridgehead atoms. The molecule has 0 spiro atoms. The predicted molar refractivity (Wildman–Crippen MR) is 52.3 cm³/mol. The van der Waals surface area contributed by atoms with Gasteiger partial charge in [0.15, 0.2) is 0 Å². The summed E-state index contributed by atoms with van der Waals surface area (Å²) in [5, 5.41) is 9.30. The van der Waals surface area contributed by atoms with Gasteiger partial charge in [-0.3, -0.25) is 4.90 Å². The van der Waals surface area contributed by atoms with E-state index in [0.29, 0.717) is 6.04 Å². The third-order valence-electron chi connectivity index (χ3n) is 2.54. The largest absolute Gasteiger partial charge is 0.392 e. The Bertz CT molecular complexity index is 271. The molecule has 1 fully saturated rings. The van der Waals surface area contributed by atoms with Crippen molar-refractivity contribution in [3.05, 3.63) is 35.9 Å². The van der Waals surface area contributed by atoms with E-state index in [1.54, 1.807) is 0 Å². The number of aliphatic hydroxyl groups is 1. The van der Waals surface area contributed by atoms with Gasteiger partial charge in [0, 0.05) is 19.1 Å². The van der Waals surface area contributed by atoms with Gasteiger partial charge in [-0.15, -0.1) is 0 Å². The van der Waals surface area contributed by atoms with Gasteiger partial charge in [0.2, 0.25) is 0 Å². The second kappa shape index (κ2) is 3.48. The Morgan fingerprint density at radius 1 is 1.46 bits per heavy atom. The third-order valence-corrected chi connectivity index (χ3v) is 2.54. The summed E-state index contributed by atoms with van der Waals surface area (Å²) in [5.74, 6) is 0. The van der Waals surface area contributed by atoms with E-state index in [9.17, 15) is 5.11 Å². The van der Waals surface area contributed by atoms with Crippen molar-refractivity contribution in [2.75, 3.05) is 6.54 Å². The third kappa shape index (κ3) is 2.08. The molecule has 0 amide bonds. The molecular weight excluding hydrogens is 162 g/mol. The van der Waals surface area contributed by atoms with Crippen LogP contribution in [0.5, 0.6) is 0 Å². The van der Waals surface area contributed by atoms with Gasteiger partial charge in [-0.2, -0.15) is 0 Å². The van der Waals surface area contributed by atoms with Crippen LogP contribution in [0.15, 0.2) is 30.3 Å². The van der Waals surface area contributed by atoms with Crippen LogP contribution >= 0.6 is 0 Å². The van der Waals surface area contributed by atoms with E-state index >= 15 is 0 Å². The maximum Gasteiger partial charge on any atom is 0.0679 e. The summed E-state index contributed by atoms with van der Waals surface area (Å²) >= 11 is 0. The van der Waals surface area contributed by atoms with Gasteiger partial charge < -0.3 is 5.11 Å². The molecule has 1 unspecified atom stereocenters. The molecular formula is C11H15NO. The van der Waals surface area contributed by atoms with Gasteiger partial charge in [-0.25, -0.2) is 0 Å². The van der Waals surface area contributed by atoms with Crippen molar-refractivity contribution in [2.45, 2.75) is 25.6 Å². The van der Waals surface area contributed by atoms with Crippen molar-refractivity contribution in [1.29, 1.82) is 0 Å². The summed E-state index contributed by atoms with van der Waals surface area (Å²) in [4.78, 5) is 2.28. The van der Waals surface area contributed by atoms with Crippen LogP contribution in [0.4, 0.5) is 0 Å². The van der Waals surface area contributed by atoms with Gasteiger partial charge >= 0.3 is 0 Å². The Morgan fingerprint density at radius 3 is 2.69 bits per heavy atom. The molecule has 2 nitrogen and oxygen atoms in total. The lowest BCUT2D eigenvalue weighted by Gasteiger charge is -2.05. The van der Waals surface area contributed by atoms with Crippen molar-refractivity contribution in [3.63, 3.8) is 0 Å². The second-order valence-electron chi connectivity index (χ2n) is 3.72. The van der Waals surface area contributed by atoms with Crippen LogP contribution in [0.1, 0.15) is 12.5 Å². The highest BCUT2D eigenvalue weighted by molar-refractivity contribution is 5.16. The minimum absolute atomic E-state index is 0.191. The zero-order valence-corrected chi connectivity index (χ0v) is 7.85. The molecule has 1 aliphatic heterocycles. The molecule has 1 aliphatic rings. The van der Waals surface area contributed by atoms with Crippen LogP contribution in [0.25, 0.3) is 0 Å². The van der Waals surface area contributed by atoms with E-state index < -0.39 is 0 Å². The van der Waals surface area contributed by atoms with Crippen molar-refractivity contribution in [1.82, 2.24) is 4.90 Å². The first kappa shape index (κ1) is 8.73. The quantitative estimate of drug-likeness (QED) is 0.702. The van der Waals surface area contributed by atoms with Gasteiger partial charge in [0.05, 0.1) is 6.10 Å². The van der Waals surface area contributed by atoms with Crippen LogP contribution in [-0.4, -0.2) is 28.7 Å². The highest BCUT2D eigenvalue weighted by Crippen LogP contribution is 2.23. The number of aliphatic hydroxyl groups excluding tert-OH is 1. The number of hydrogen-bond acceptors (Lipinski definition) is 2. The fraction of sp³-hybridized carbons (Fsp3) is 0.455. The van der Waals surface area contributed by atoms with Gasteiger partial charge in [-0.05, 0) is 12.5 Å². The normalized spacial score (nSPS) is 28.5. The molecule has 0 aromatic heterocycles. The zero-order valence-electron chi connectivity index (χ0n) is 7.85. The van der Waals surface area contributed by atoms with Crippen molar-refractivity contribution in [2.24, 2.45) is 0 Å².